The first-order valence-electron chi connectivity index (χ1n) is 6.92. The van der Waals surface area contributed by atoms with E-state index in [1.54, 1.807) is 24.3 Å². The van der Waals surface area contributed by atoms with Gasteiger partial charge in [-0.3, -0.25) is 14.5 Å². The molecule has 2 rings (SSSR count). The highest BCUT2D eigenvalue weighted by Gasteiger charge is 2.20. The van der Waals surface area contributed by atoms with E-state index in [0.717, 1.165) is 25.3 Å². The van der Waals surface area contributed by atoms with Crippen molar-refractivity contribution < 1.29 is 9.59 Å². The van der Waals surface area contributed by atoms with Crippen LogP contribution in [0.2, 0.25) is 0 Å². The van der Waals surface area contributed by atoms with Crippen LogP contribution >= 0.6 is 0 Å². The van der Waals surface area contributed by atoms with Gasteiger partial charge in [0, 0.05) is 36.9 Å². The van der Waals surface area contributed by atoms with Gasteiger partial charge in [-0.15, -0.1) is 0 Å². The minimum Gasteiger partial charge on any atom is -0.325 e. The highest BCUT2D eigenvalue weighted by atomic mass is 16.2. The Morgan fingerprint density at radius 3 is 2.65 bits per heavy atom. The topological polar surface area (TPSA) is 61.4 Å². The fourth-order valence-corrected chi connectivity index (χ4v) is 2.29. The Labute approximate surface area is 119 Å². The fraction of sp³-hybridized carbons (Fsp3) is 0.467. The van der Waals surface area contributed by atoms with E-state index in [-0.39, 0.29) is 11.7 Å². The van der Waals surface area contributed by atoms with Crippen molar-refractivity contribution in [3.63, 3.8) is 0 Å². The van der Waals surface area contributed by atoms with E-state index >= 15 is 0 Å². The molecule has 5 nitrogen and oxygen atoms in total. The lowest BCUT2D eigenvalue weighted by molar-refractivity contribution is -0.118. The van der Waals surface area contributed by atoms with Crippen LogP contribution in [-0.4, -0.2) is 48.8 Å². The number of hydrogen-bond donors (Lipinski definition) is 2. The van der Waals surface area contributed by atoms with Gasteiger partial charge in [-0.2, -0.15) is 0 Å². The average molecular weight is 275 g/mol. The molecule has 1 aromatic carbocycles. The molecule has 0 aliphatic carbocycles. The smallest absolute Gasteiger partial charge is 0.238 e. The number of amides is 1. The van der Waals surface area contributed by atoms with Crippen LogP contribution in [0.25, 0.3) is 0 Å². The van der Waals surface area contributed by atoms with Gasteiger partial charge in [0.2, 0.25) is 5.91 Å². The van der Waals surface area contributed by atoms with Crippen molar-refractivity contribution in [2.75, 3.05) is 31.5 Å². The lowest BCUT2D eigenvalue weighted by Gasteiger charge is -2.33. The third kappa shape index (κ3) is 3.88. The molecule has 1 aromatic rings. The first kappa shape index (κ1) is 14.7. The molecule has 108 valence electrons. The summed E-state index contributed by atoms with van der Waals surface area (Å²) in [6.07, 6.45) is 0. The Bertz CT molecular complexity index is 484. The minimum absolute atomic E-state index is 0.0191. The van der Waals surface area contributed by atoms with Crippen LogP contribution in [0.1, 0.15) is 24.2 Å². The Morgan fingerprint density at radius 1 is 1.35 bits per heavy atom. The molecule has 0 spiro atoms. The van der Waals surface area contributed by atoms with E-state index in [4.69, 9.17) is 0 Å². The summed E-state index contributed by atoms with van der Waals surface area (Å²) in [6.45, 7) is 6.77. The summed E-state index contributed by atoms with van der Waals surface area (Å²) in [4.78, 5) is 25.3. The molecular weight excluding hydrogens is 254 g/mol. The number of carbonyl (C=O) groups excluding carboxylic acids is 2. The Morgan fingerprint density at radius 2 is 2.05 bits per heavy atom. The second-order valence-electron chi connectivity index (χ2n) is 5.21. The number of Topliss-reactive ketones (excluding diaryl/α,β-unsaturated/α-hetero) is 1. The zero-order valence-electron chi connectivity index (χ0n) is 12.0. The maximum atomic E-state index is 12.0. The Kier molecular flexibility index (Phi) is 4.87. The molecular formula is C15H21N3O2. The summed E-state index contributed by atoms with van der Waals surface area (Å²) in [5.74, 6) is 0.00634. The predicted octanol–water partition coefficient (Wildman–Crippen LogP) is 1.12. The second-order valence-corrected chi connectivity index (χ2v) is 5.21. The van der Waals surface area contributed by atoms with E-state index in [1.807, 2.05) is 0 Å². The molecule has 1 atom stereocenters. The molecule has 1 amide bonds. The molecule has 0 saturated carbocycles. The molecule has 2 N–H and O–H groups in total. The van der Waals surface area contributed by atoms with E-state index in [2.05, 4.69) is 22.5 Å². The maximum absolute atomic E-state index is 12.0. The zero-order valence-corrected chi connectivity index (χ0v) is 12.0. The third-order valence-corrected chi connectivity index (χ3v) is 3.56. The standard InChI is InChI=1S/C15H21N3O2/c1-11-9-16-7-8-18(11)10-15(20)17-14-5-3-13(4-6-14)12(2)19/h3-6,11,16H,7-10H2,1-2H3,(H,17,20). The Hall–Kier alpha value is -1.72. The van der Waals surface area contributed by atoms with Crippen LogP contribution < -0.4 is 10.6 Å². The normalized spacial score (nSPS) is 19.6. The highest BCUT2D eigenvalue weighted by molar-refractivity contribution is 5.96. The van der Waals surface area contributed by atoms with Crippen molar-refractivity contribution >= 4 is 17.4 Å². The molecule has 0 bridgehead atoms. The van der Waals surface area contributed by atoms with Crippen molar-refractivity contribution in [1.82, 2.24) is 10.2 Å². The van der Waals surface area contributed by atoms with E-state index < -0.39 is 0 Å². The fourth-order valence-electron chi connectivity index (χ4n) is 2.29. The third-order valence-electron chi connectivity index (χ3n) is 3.56. The maximum Gasteiger partial charge on any atom is 0.238 e. The number of benzene rings is 1. The number of carbonyl (C=O) groups is 2. The summed E-state index contributed by atoms with van der Waals surface area (Å²) in [5.41, 5.74) is 1.38. The SMILES string of the molecule is CC(=O)c1ccc(NC(=O)CN2CCNCC2C)cc1. The molecule has 1 aliphatic rings. The monoisotopic (exact) mass is 275 g/mol. The van der Waals surface area contributed by atoms with Gasteiger partial charge in [0.05, 0.1) is 6.54 Å². The summed E-state index contributed by atoms with van der Waals surface area (Å²) < 4.78 is 0. The molecule has 1 unspecified atom stereocenters. The summed E-state index contributed by atoms with van der Waals surface area (Å²) in [6, 6.07) is 7.34. The lowest BCUT2D eigenvalue weighted by Crippen LogP contribution is -2.51. The van der Waals surface area contributed by atoms with E-state index in [1.165, 1.54) is 6.92 Å². The van der Waals surface area contributed by atoms with Gasteiger partial charge in [0.15, 0.2) is 5.78 Å². The van der Waals surface area contributed by atoms with Gasteiger partial charge < -0.3 is 10.6 Å². The lowest BCUT2D eigenvalue weighted by atomic mass is 10.1. The summed E-state index contributed by atoms with van der Waals surface area (Å²) in [7, 11) is 0. The van der Waals surface area contributed by atoms with Crippen molar-refractivity contribution in [2.24, 2.45) is 0 Å². The van der Waals surface area contributed by atoms with Gasteiger partial charge >= 0.3 is 0 Å². The number of nitrogens with one attached hydrogen (secondary N) is 2. The minimum atomic E-state index is -0.0191. The molecule has 1 saturated heterocycles. The number of ketones is 1. The van der Waals surface area contributed by atoms with E-state index in [9.17, 15) is 9.59 Å². The number of rotatable bonds is 4. The van der Waals surface area contributed by atoms with Crippen LogP contribution in [0.4, 0.5) is 5.69 Å². The van der Waals surface area contributed by atoms with Crippen molar-refractivity contribution in [3.8, 4) is 0 Å². The van der Waals surface area contributed by atoms with E-state index in [0.29, 0.717) is 18.2 Å². The van der Waals surface area contributed by atoms with Crippen LogP contribution in [0, 0.1) is 0 Å². The van der Waals surface area contributed by atoms with Gasteiger partial charge in [-0.25, -0.2) is 0 Å². The van der Waals surface area contributed by atoms with Gasteiger partial charge in [0.1, 0.15) is 0 Å². The largest absolute Gasteiger partial charge is 0.325 e. The number of hydrogen-bond acceptors (Lipinski definition) is 4. The molecule has 0 aromatic heterocycles. The molecule has 0 radical (unpaired) electrons. The number of piperazine rings is 1. The zero-order chi connectivity index (χ0) is 14.5. The van der Waals surface area contributed by atoms with Crippen LogP contribution in [0.15, 0.2) is 24.3 Å². The van der Waals surface area contributed by atoms with Crippen molar-refractivity contribution in [1.29, 1.82) is 0 Å². The second kappa shape index (κ2) is 6.63. The van der Waals surface area contributed by atoms with Gasteiger partial charge in [-0.1, -0.05) is 0 Å². The summed E-state index contributed by atoms with van der Waals surface area (Å²) in [5, 5.41) is 6.16. The molecule has 20 heavy (non-hydrogen) atoms. The van der Waals surface area contributed by atoms with Crippen LogP contribution in [0.3, 0.4) is 0 Å². The summed E-state index contributed by atoms with van der Waals surface area (Å²) >= 11 is 0. The Balaban J connectivity index is 1.89. The highest BCUT2D eigenvalue weighted by Crippen LogP contribution is 2.10. The van der Waals surface area contributed by atoms with Crippen molar-refractivity contribution in [2.45, 2.75) is 19.9 Å². The molecule has 5 heteroatoms. The first-order chi connectivity index (χ1) is 9.56. The van der Waals surface area contributed by atoms with Gasteiger partial charge in [0.25, 0.3) is 0 Å². The molecule has 1 fully saturated rings. The first-order valence-corrected chi connectivity index (χ1v) is 6.92. The molecule has 1 aliphatic heterocycles. The number of nitrogens with zero attached hydrogens (tertiary/aromatic N) is 1. The predicted molar refractivity (Wildman–Crippen MR) is 79.0 cm³/mol. The van der Waals surface area contributed by atoms with Crippen LogP contribution in [0.5, 0.6) is 0 Å². The molecule has 1 heterocycles. The number of anilines is 1. The van der Waals surface area contributed by atoms with Gasteiger partial charge in [-0.05, 0) is 38.1 Å². The quantitative estimate of drug-likeness (QED) is 0.808. The van der Waals surface area contributed by atoms with Crippen molar-refractivity contribution in [3.05, 3.63) is 29.8 Å². The van der Waals surface area contributed by atoms with Crippen LogP contribution in [-0.2, 0) is 4.79 Å². The average Bonchev–Trinajstić information content (AvgIpc) is 2.42.